The Morgan fingerprint density at radius 3 is 2.50 bits per heavy atom. The number of ether oxygens (including phenoxy) is 2. The number of amides is 1. The smallest absolute Gasteiger partial charge is 0.225 e. The molecule has 5 nitrogen and oxygen atoms in total. The summed E-state index contributed by atoms with van der Waals surface area (Å²) in [5.41, 5.74) is 0. The quantitative estimate of drug-likeness (QED) is 0.744. The number of carbonyl (C=O) groups excluding carboxylic acids is 1. The van der Waals surface area contributed by atoms with E-state index in [1.54, 1.807) is 7.11 Å². The van der Waals surface area contributed by atoms with Gasteiger partial charge in [0.25, 0.3) is 0 Å². The lowest BCUT2D eigenvalue weighted by molar-refractivity contribution is -0.126. The molecule has 1 fully saturated rings. The van der Waals surface area contributed by atoms with Gasteiger partial charge in [0.05, 0.1) is 19.6 Å². The average molecular weight is 301 g/mol. The van der Waals surface area contributed by atoms with Gasteiger partial charge in [0, 0.05) is 19.6 Å². The second kappa shape index (κ2) is 8.66. The van der Waals surface area contributed by atoms with Gasteiger partial charge in [-0.15, -0.1) is 12.4 Å². The summed E-state index contributed by atoms with van der Waals surface area (Å²) in [5.74, 6) is 1.93. The summed E-state index contributed by atoms with van der Waals surface area (Å²) >= 11 is 0. The van der Waals surface area contributed by atoms with E-state index in [2.05, 4.69) is 10.6 Å². The first-order chi connectivity index (χ1) is 9.29. The van der Waals surface area contributed by atoms with Crippen LogP contribution in [-0.2, 0) is 4.79 Å². The molecule has 1 heterocycles. The highest BCUT2D eigenvalue weighted by molar-refractivity contribution is 5.85. The van der Waals surface area contributed by atoms with Crippen molar-refractivity contribution in [1.29, 1.82) is 0 Å². The van der Waals surface area contributed by atoms with Crippen LogP contribution < -0.4 is 20.1 Å². The Morgan fingerprint density at radius 1 is 1.30 bits per heavy atom. The first-order valence-electron chi connectivity index (χ1n) is 6.55. The Morgan fingerprint density at radius 2 is 1.95 bits per heavy atom. The molecule has 0 aliphatic carbocycles. The minimum atomic E-state index is 0. The van der Waals surface area contributed by atoms with E-state index in [-0.39, 0.29) is 24.2 Å². The van der Waals surface area contributed by atoms with Crippen LogP contribution in [0.4, 0.5) is 0 Å². The van der Waals surface area contributed by atoms with Crippen molar-refractivity contribution in [2.75, 3.05) is 33.4 Å². The van der Waals surface area contributed by atoms with Crippen molar-refractivity contribution >= 4 is 18.3 Å². The first-order valence-corrected chi connectivity index (χ1v) is 6.55. The van der Waals surface area contributed by atoms with Crippen molar-refractivity contribution in [1.82, 2.24) is 10.6 Å². The zero-order valence-corrected chi connectivity index (χ0v) is 12.4. The van der Waals surface area contributed by atoms with E-state index >= 15 is 0 Å². The van der Waals surface area contributed by atoms with E-state index in [4.69, 9.17) is 9.47 Å². The third kappa shape index (κ3) is 4.90. The van der Waals surface area contributed by atoms with Crippen LogP contribution in [0.2, 0.25) is 0 Å². The number of rotatable bonds is 7. The molecule has 1 saturated heterocycles. The summed E-state index contributed by atoms with van der Waals surface area (Å²) < 4.78 is 10.6. The molecule has 1 aliphatic heterocycles. The van der Waals surface area contributed by atoms with Crippen LogP contribution in [0.25, 0.3) is 0 Å². The molecular weight excluding hydrogens is 280 g/mol. The summed E-state index contributed by atoms with van der Waals surface area (Å²) in [6.45, 7) is 2.85. The standard InChI is InChI=1S/C14H20N2O3.ClH/c1-18-12-3-5-13(6-4-12)19-8-2-7-16-14(17)11-9-15-10-11;/h3-6,11,15H,2,7-10H2,1H3,(H,16,17);1H. The van der Waals surface area contributed by atoms with Crippen LogP contribution in [0.15, 0.2) is 24.3 Å². The maximum absolute atomic E-state index is 11.5. The van der Waals surface area contributed by atoms with Crippen LogP contribution in [0, 0.1) is 5.92 Å². The molecule has 0 atom stereocenters. The highest BCUT2D eigenvalue weighted by Gasteiger charge is 2.23. The fraction of sp³-hybridized carbons (Fsp3) is 0.500. The molecule has 1 amide bonds. The maximum atomic E-state index is 11.5. The van der Waals surface area contributed by atoms with Crippen molar-refractivity contribution in [3.05, 3.63) is 24.3 Å². The third-order valence-electron chi connectivity index (χ3n) is 3.10. The summed E-state index contributed by atoms with van der Waals surface area (Å²) in [5, 5.41) is 5.99. The molecule has 1 aromatic carbocycles. The summed E-state index contributed by atoms with van der Waals surface area (Å²) in [6.07, 6.45) is 0.803. The van der Waals surface area contributed by atoms with Crippen molar-refractivity contribution in [2.45, 2.75) is 6.42 Å². The highest BCUT2D eigenvalue weighted by Crippen LogP contribution is 2.16. The molecule has 0 aromatic heterocycles. The monoisotopic (exact) mass is 300 g/mol. The molecule has 0 unspecified atom stereocenters. The lowest BCUT2D eigenvalue weighted by Crippen LogP contribution is -2.50. The van der Waals surface area contributed by atoms with E-state index < -0.39 is 0 Å². The molecule has 20 heavy (non-hydrogen) atoms. The summed E-state index contributed by atoms with van der Waals surface area (Å²) in [7, 11) is 1.64. The molecule has 0 saturated carbocycles. The van der Waals surface area contributed by atoms with Gasteiger partial charge in [-0.25, -0.2) is 0 Å². The second-order valence-electron chi connectivity index (χ2n) is 4.52. The van der Waals surface area contributed by atoms with E-state index in [0.29, 0.717) is 13.2 Å². The predicted octanol–water partition coefficient (Wildman–Crippen LogP) is 1.22. The van der Waals surface area contributed by atoms with E-state index in [9.17, 15) is 4.79 Å². The number of nitrogens with one attached hydrogen (secondary N) is 2. The number of benzene rings is 1. The van der Waals surface area contributed by atoms with Gasteiger partial charge in [-0.2, -0.15) is 0 Å². The van der Waals surface area contributed by atoms with Gasteiger partial charge >= 0.3 is 0 Å². The van der Waals surface area contributed by atoms with Crippen molar-refractivity contribution < 1.29 is 14.3 Å². The number of carbonyl (C=O) groups is 1. The van der Waals surface area contributed by atoms with Gasteiger partial charge in [0.1, 0.15) is 11.5 Å². The molecule has 0 bridgehead atoms. The Bertz CT molecular complexity index is 407. The van der Waals surface area contributed by atoms with Gasteiger partial charge < -0.3 is 20.1 Å². The number of hydrogen-bond donors (Lipinski definition) is 2. The molecular formula is C14H21ClN2O3. The number of methoxy groups -OCH3 is 1. The Kier molecular flexibility index (Phi) is 7.18. The lowest BCUT2D eigenvalue weighted by atomic mass is 10.0. The fourth-order valence-electron chi connectivity index (χ4n) is 1.76. The average Bonchev–Trinajstić information content (AvgIpc) is 2.37. The molecule has 112 valence electrons. The molecule has 6 heteroatoms. The van der Waals surface area contributed by atoms with Crippen molar-refractivity contribution in [3.8, 4) is 11.5 Å². The predicted molar refractivity (Wildman–Crippen MR) is 79.7 cm³/mol. The van der Waals surface area contributed by atoms with Gasteiger partial charge in [0.2, 0.25) is 5.91 Å². The van der Waals surface area contributed by atoms with Crippen LogP contribution in [0.1, 0.15) is 6.42 Å². The third-order valence-corrected chi connectivity index (χ3v) is 3.10. The Labute approximate surface area is 125 Å². The van der Waals surface area contributed by atoms with E-state index in [0.717, 1.165) is 31.0 Å². The topological polar surface area (TPSA) is 59.6 Å². The minimum Gasteiger partial charge on any atom is -0.497 e. The largest absolute Gasteiger partial charge is 0.497 e. The highest BCUT2D eigenvalue weighted by atomic mass is 35.5. The molecule has 1 aliphatic rings. The molecule has 0 radical (unpaired) electrons. The van der Waals surface area contributed by atoms with Gasteiger partial charge in [-0.05, 0) is 30.7 Å². The summed E-state index contributed by atoms with van der Waals surface area (Å²) in [6, 6.07) is 7.47. The zero-order chi connectivity index (χ0) is 13.5. The minimum absolute atomic E-state index is 0. The normalized spacial score (nSPS) is 13.8. The molecule has 0 spiro atoms. The molecule has 2 N–H and O–H groups in total. The Hall–Kier alpha value is -1.46. The molecule has 1 aromatic rings. The van der Waals surface area contributed by atoms with Crippen LogP contribution in [-0.4, -0.2) is 39.3 Å². The second-order valence-corrected chi connectivity index (χ2v) is 4.52. The maximum Gasteiger partial charge on any atom is 0.225 e. The number of hydrogen-bond acceptors (Lipinski definition) is 4. The van der Waals surface area contributed by atoms with Crippen LogP contribution in [0.3, 0.4) is 0 Å². The van der Waals surface area contributed by atoms with Crippen LogP contribution >= 0.6 is 12.4 Å². The van der Waals surface area contributed by atoms with Crippen molar-refractivity contribution in [2.24, 2.45) is 5.92 Å². The fourth-order valence-corrected chi connectivity index (χ4v) is 1.76. The van der Waals surface area contributed by atoms with Gasteiger partial charge in [-0.1, -0.05) is 0 Å². The van der Waals surface area contributed by atoms with Gasteiger partial charge in [0.15, 0.2) is 0 Å². The molecule has 2 rings (SSSR count). The SMILES string of the molecule is COc1ccc(OCCCNC(=O)C2CNC2)cc1.Cl. The lowest BCUT2D eigenvalue weighted by Gasteiger charge is -2.25. The van der Waals surface area contributed by atoms with Crippen molar-refractivity contribution in [3.63, 3.8) is 0 Å². The van der Waals surface area contributed by atoms with E-state index in [1.165, 1.54) is 0 Å². The number of halogens is 1. The van der Waals surface area contributed by atoms with Gasteiger partial charge in [-0.3, -0.25) is 4.79 Å². The first kappa shape index (κ1) is 16.6. The Balaban J connectivity index is 0.00000200. The van der Waals surface area contributed by atoms with Crippen LogP contribution in [0.5, 0.6) is 11.5 Å². The summed E-state index contributed by atoms with van der Waals surface area (Å²) in [4.78, 5) is 11.5. The zero-order valence-electron chi connectivity index (χ0n) is 11.6. The van der Waals surface area contributed by atoms with E-state index in [1.807, 2.05) is 24.3 Å².